The molecule has 0 aliphatic heterocycles. The molecule has 0 bridgehead atoms. The lowest BCUT2D eigenvalue weighted by Crippen LogP contribution is -2.28. The smallest absolute Gasteiger partial charge is 0.172 e. The molecule has 26 heavy (non-hydrogen) atoms. The van der Waals surface area contributed by atoms with Gasteiger partial charge in [0.15, 0.2) is 10.9 Å². The SMILES string of the molecule is Cc1cc(NC(=S)NCc2ccccc2)nn1Cc1c(Cl)cccc1Cl. The topological polar surface area (TPSA) is 41.9 Å². The van der Waals surface area contributed by atoms with Crippen LogP contribution in [0.15, 0.2) is 54.6 Å². The fourth-order valence-electron chi connectivity index (χ4n) is 2.50. The number of benzene rings is 2. The van der Waals surface area contributed by atoms with Gasteiger partial charge < -0.3 is 10.6 Å². The van der Waals surface area contributed by atoms with Gasteiger partial charge in [0.2, 0.25) is 0 Å². The number of anilines is 1. The number of nitrogens with zero attached hydrogens (tertiary/aromatic N) is 2. The maximum Gasteiger partial charge on any atom is 0.172 e. The molecule has 134 valence electrons. The summed E-state index contributed by atoms with van der Waals surface area (Å²) in [5.41, 5.74) is 2.99. The fourth-order valence-corrected chi connectivity index (χ4v) is 3.20. The molecule has 3 rings (SSSR count). The highest BCUT2D eigenvalue weighted by Crippen LogP contribution is 2.25. The average molecular weight is 405 g/mol. The molecular formula is C19H18Cl2N4S. The van der Waals surface area contributed by atoms with E-state index in [1.165, 1.54) is 0 Å². The van der Waals surface area contributed by atoms with Crippen molar-refractivity contribution in [2.24, 2.45) is 0 Å². The zero-order valence-electron chi connectivity index (χ0n) is 14.2. The van der Waals surface area contributed by atoms with E-state index in [1.807, 2.05) is 66.2 Å². The van der Waals surface area contributed by atoms with Gasteiger partial charge in [-0.3, -0.25) is 4.68 Å². The Hall–Kier alpha value is -2.08. The molecule has 3 aromatic rings. The quantitative estimate of drug-likeness (QED) is 0.584. The van der Waals surface area contributed by atoms with Gasteiger partial charge in [0, 0.05) is 33.9 Å². The lowest BCUT2D eigenvalue weighted by Gasteiger charge is -2.09. The van der Waals surface area contributed by atoms with Crippen LogP contribution in [0.2, 0.25) is 10.0 Å². The summed E-state index contributed by atoms with van der Waals surface area (Å²) in [5.74, 6) is 0.677. The minimum Gasteiger partial charge on any atom is -0.358 e. The summed E-state index contributed by atoms with van der Waals surface area (Å²) >= 11 is 17.8. The number of halogens is 2. The van der Waals surface area contributed by atoms with Gasteiger partial charge in [-0.1, -0.05) is 59.6 Å². The number of hydrogen-bond acceptors (Lipinski definition) is 2. The lowest BCUT2D eigenvalue weighted by atomic mass is 10.2. The van der Waals surface area contributed by atoms with Gasteiger partial charge in [0.05, 0.1) is 6.54 Å². The average Bonchev–Trinajstić information content (AvgIpc) is 2.96. The Morgan fingerprint density at radius 3 is 2.46 bits per heavy atom. The van der Waals surface area contributed by atoms with Crippen molar-refractivity contribution in [3.8, 4) is 0 Å². The maximum atomic E-state index is 6.25. The lowest BCUT2D eigenvalue weighted by molar-refractivity contribution is 0.668. The number of aromatic nitrogens is 2. The van der Waals surface area contributed by atoms with Crippen molar-refractivity contribution in [1.82, 2.24) is 15.1 Å². The normalized spacial score (nSPS) is 10.6. The number of aryl methyl sites for hydroxylation is 1. The minimum absolute atomic E-state index is 0.496. The molecule has 0 fully saturated rings. The van der Waals surface area contributed by atoms with Crippen molar-refractivity contribution in [1.29, 1.82) is 0 Å². The summed E-state index contributed by atoms with van der Waals surface area (Å²) in [6.45, 7) is 3.13. The molecule has 0 atom stereocenters. The molecule has 0 radical (unpaired) electrons. The Balaban J connectivity index is 1.63. The Bertz CT molecular complexity index is 889. The van der Waals surface area contributed by atoms with E-state index in [4.69, 9.17) is 35.4 Å². The van der Waals surface area contributed by atoms with E-state index in [9.17, 15) is 0 Å². The summed E-state index contributed by atoms with van der Waals surface area (Å²) in [7, 11) is 0. The largest absolute Gasteiger partial charge is 0.358 e. The van der Waals surface area contributed by atoms with Crippen LogP contribution in [0.5, 0.6) is 0 Å². The first kappa shape index (κ1) is 18.7. The minimum atomic E-state index is 0.496. The molecule has 4 nitrogen and oxygen atoms in total. The Morgan fingerprint density at radius 1 is 1.08 bits per heavy atom. The highest BCUT2D eigenvalue weighted by Gasteiger charge is 2.11. The van der Waals surface area contributed by atoms with Crippen molar-refractivity contribution in [3.63, 3.8) is 0 Å². The Labute approximate surface area is 168 Å². The molecule has 0 amide bonds. The fraction of sp³-hybridized carbons (Fsp3) is 0.158. The zero-order chi connectivity index (χ0) is 18.5. The van der Waals surface area contributed by atoms with Crippen LogP contribution in [0, 0.1) is 6.92 Å². The third-order valence-electron chi connectivity index (χ3n) is 3.89. The van der Waals surface area contributed by atoms with Gasteiger partial charge in [0.25, 0.3) is 0 Å². The van der Waals surface area contributed by atoms with Gasteiger partial charge >= 0.3 is 0 Å². The number of thiocarbonyl (C=S) groups is 1. The Morgan fingerprint density at radius 2 is 1.77 bits per heavy atom. The van der Waals surface area contributed by atoms with Crippen LogP contribution in [0.4, 0.5) is 5.82 Å². The van der Waals surface area contributed by atoms with Gasteiger partial charge in [0.1, 0.15) is 0 Å². The number of rotatable bonds is 5. The van der Waals surface area contributed by atoms with E-state index in [1.54, 1.807) is 0 Å². The highest BCUT2D eigenvalue weighted by atomic mass is 35.5. The summed E-state index contributed by atoms with van der Waals surface area (Å²) in [4.78, 5) is 0. The van der Waals surface area contributed by atoms with Crippen molar-refractivity contribution in [2.45, 2.75) is 20.0 Å². The molecule has 1 heterocycles. The third-order valence-corrected chi connectivity index (χ3v) is 4.84. The zero-order valence-corrected chi connectivity index (χ0v) is 16.5. The molecule has 0 spiro atoms. The second kappa shape index (κ2) is 8.54. The van der Waals surface area contributed by atoms with Gasteiger partial charge in [-0.25, -0.2) is 0 Å². The van der Waals surface area contributed by atoms with Crippen LogP contribution in [-0.4, -0.2) is 14.9 Å². The molecule has 0 unspecified atom stereocenters. The van der Waals surface area contributed by atoms with E-state index in [2.05, 4.69) is 15.7 Å². The van der Waals surface area contributed by atoms with E-state index in [-0.39, 0.29) is 0 Å². The monoisotopic (exact) mass is 404 g/mol. The first-order valence-corrected chi connectivity index (χ1v) is 9.25. The van der Waals surface area contributed by atoms with Crippen molar-refractivity contribution in [3.05, 3.63) is 81.5 Å². The van der Waals surface area contributed by atoms with Crippen LogP contribution in [-0.2, 0) is 13.1 Å². The van der Waals surface area contributed by atoms with Crippen molar-refractivity contribution in [2.75, 3.05) is 5.32 Å². The van der Waals surface area contributed by atoms with Crippen LogP contribution < -0.4 is 10.6 Å². The molecule has 2 aromatic carbocycles. The van der Waals surface area contributed by atoms with Crippen LogP contribution in [0.1, 0.15) is 16.8 Å². The second-order valence-corrected chi connectivity index (χ2v) is 7.04. The Kier molecular flexibility index (Phi) is 6.14. The third kappa shape index (κ3) is 4.75. The summed E-state index contributed by atoms with van der Waals surface area (Å²) in [6.07, 6.45) is 0. The molecule has 0 saturated heterocycles. The summed E-state index contributed by atoms with van der Waals surface area (Å²) in [6, 6.07) is 17.5. The number of hydrogen-bond donors (Lipinski definition) is 2. The van der Waals surface area contributed by atoms with Crippen LogP contribution in [0.3, 0.4) is 0 Å². The van der Waals surface area contributed by atoms with E-state index >= 15 is 0 Å². The molecule has 0 saturated carbocycles. The van der Waals surface area contributed by atoms with Gasteiger partial charge in [-0.2, -0.15) is 5.10 Å². The molecule has 2 N–H and O–H groups in total. The predicted molar refractivity (Wildman–Crippen MR) is 112 cm³/mol. The standard InChI is InChI=1S/C19H18Cl2N4S/c1-13-10-18(23-19(26)22-11-14-6-3-2-4-7-14)24-25(13)12-15-16(20)8-5-9-17(15)21/h2-10H,11-12H2,1H3,(H2,22,23,24,26). The van der Waals surface area contributed by atoms with Crippen LogP contribution in [0.25, 0.3) is 0 Å². The van der Waals surface area contributed by atoms with Crippen molar-refractivity contribution >= 4 is 46.4 Å². The van der Waals surface area contributed by atoms with Crippen molar-refractivity contribution < 1.29 is 0 Å². The summed E-state index contributed by atoms with van der Waals surface area (Å²) < 4.78 is 1.84. The molecule has 0 aliphatic carbocycles. The number of nitrogens with one attached hydrogen (secondary N) is 2. The molecular weight excluding hydrogens is 387 g/mol. The van der Waals surface area contributed by atoms with Gasteiger partial charge in [-0.15, -0.1) is 0 Å². The highest BCUT2D eigenvalue weighted by molar-refractivity contribution is 7.80. The van der Waals surface area contributed by atoms with Gasteiger partial charge in [-0.05, 0) is 36.8 Å². The summed E-state index contributed by atoms with van der Waals surface area (Å²) in [5, 5.41) is 12.6. The first-order valence-electron chi connectivity index (χ1n) is 8.09. The van der Waals surface area contributed by atoms with E-state index < -0.39 is 0 Å². The second-order valence-electron chi connectivity index (χ2n) is 5.82. The molecule has 0 aliphatic rings. The van der Waals surface area contributed by atoms with Crippen LogP contribution >= 0.6 is 35.4 Å². The maximum absolute atomic E-state index is 6.25. The van der Waals surface area contributed by atoms with E-state index in [0.717, 1.165) is 16.8 Å². The molecule has 1 aromatic heterocycles. The predicted octanol–water partition coefficient (Wildman–Crippen LogP) is 5.03. The molecule has 7 heteroatoms. The first-order chi connectivity index (χ1) is 12.5. The van der Waals surface area contributed by atoms with E-state index in [0.29, 0.717) is 34.1 Å².